The Balaban J connectivity index is 2.88. The number of hydrogen-bond donors (Lipinski definition) is 2. The second kappa shape index (κ2) is 6.32. The molecule has 1 heterocycles. The second-order valence-electron chi connectivity index (χ2n) is 6.53. The summed E-state index contributed by atoms with van der Waals surface area (Å²) >= 11 is 0. The SMILES string of the molecule is CC(C)[C@@H]1[C@H](NC(=O)OC(C)(C)C)CC(=O)O[C@H]1C(=O)O. The van der Waals surface area contributed by atoms with E-state index in [0.717, 1.165) is 0 Å². The average molecular weight is 301 g/mol. The number of esters is 1. The van der Waals surface area contributed by atoms with Crippen LogP contribution in [0.15, 0.2) is 0 Å². The van der Waals surface area contributed by atoms with Crippen LogP contribution >= 0.6 is 0 Å². The van der Waals surface area contributed by atoms with Gasteiger partial charge in [0.25, 0.3) is 0 Å². The Kier molecular flexibility index (Phi) is 5.20. The van der Waals surface area contributed by atoms with Crippen molar-refractivity contribution in [1.29, 1.82) is 0 Å². The zero-order valence-electron chi connectivity index (χ0n) is 13.0. The maximum Gasteiger partial charge on any atom is 0.407 e. The molecule has 7 heteroatoms. The summed E-state index contributed by atoms with van der Waals surface area (Å²) in [6.07, 6.45) is -1.99. The third-order valence-corrected chi connectivity index (χ3v) is 3.17. The number of carboxylic acids is 1. The molecule has 0 spiro atoms. The molecule has 21 heavy (non-hydrogen) atoms. The molecule has 0 aromatic heterocycles. The molecule has 0 saturated carbocycles. The molecule has 2 N–H and O–H groups in total. The Bertz CT molecular complexity index is 426. The molecule has 1 aliphatic rings. The number of carbonyl (C=O) groups excluding carboxylic acids is 2. The number of ether oxygens (including phenoxy) is 2. The predicted octanol–water partition coefficient (Wildman–Crippen LogP) is 1.55. The van der Waals surface area contributed by atoms with Crippen molar-refractivity contribution in [2.24, 2.45) is 11.8 Å². The Labute approximate surface area is 124 Å². The number of carbonyl (C=O) groups is 3. The quantitative estimate of drug-likeness (QED) is 0.767. The molecule has 0 unspecified atom stereocenters. The van der Waals surface area contributed by atoms with Gasteiger partial charge in [0.15, 0.2) is 0 Å². The summed E-state index contributed by atoms with van der Waals surface area (Å²) in [5.41, 5.74) is -0.668. The Hall–Kier alpha value is -1.79. The molecule has 1 saturated heterocycles. The van der Waals surface area contributed by atoms with Crippen LogP contribution in [0.4, 0.5) is 4.79 Å². The highest BCUT2D eigenvalue weighted by molar-refractivity contribution is 5.81. The van der Waals surface area contributed by atoms with Crippen LogP contribution in [0.5, 0.6) is 0 Å². The average Bonchev–Trinajstić information content (AvgIpc) is 2.24. The van der Waals surface area contributed by atoms with E-state index in [1.165, 1.54) is 0 Å². The number of rotatable bonds is 3. The number of alkyl carbamates (subject to hydrolysis) is 1. The lowest BCUT2D eigenvalue weighted by Gasteiger charge is -2.38. The first-order chi connectivity index (χ1) is 9.51. The molecule has 120 valence electrons. The fraction of sp³-hybridized carbons (Fsp3) is 0.786. The van der Waals surface area contributed by atoms with E-state index < -0.39 is 41.7 Å². The summed E-state index contributed by atoms with van der Waals surface area (Å²) in [5.74, 6) is -2.44. The van der Waals surface area contributed by atoms with E-state index in [9.17, 15) is 19.5 Å². The van der Waals surface area contributed by atoms with Gasteiger partial charge in [-0.25, -0.2) is 9.59 Å². The molecule has 1 aliphatic heterocycles. The van der Waals surface area contributed by atoms with Crippen LogP contribution in [0.25, 0.3) is 0 Å². The highest BCUT2D eigenvalue weighted by Crippen LogP contribution is 2.29. The van der Waals surface area contributed by atoms with Gasteiger partial charge in [0, 0.05) is 12.0 Å². The summed E-state index contributed by atoms with van der Waals surface area (Å²) in [6, 6.07) is -0.623. The lowest BCUT2D eigenvalue weighted by atomic mass is 9.80. The number of aliphatic carboxylic acids is 1. The Morgan fingerprint density at radius 1 is 1.38 bits per heavy atom. The smallest absolute Gasteiger partial charge is 0.407 e. The number of hydrogen-bond acceptors (Lipinski definition) is 5. The lowest BCUT2D eigenvalue weighted by Crippen LogP contribution is -2.55. The van der Waals surface area contributed by atoms with E-state index in [2.05, 4.69) is 5.32 Å². The Morgan fingerprint density at radius 2 is 1.95 bits per heavy atom. The molecule has 1 amide bonds. The third-order valence-electron chi connectivity index (χ3n) is 3.17. The van der Waals surface area contributed by atoms with E-state index in [4.69, 9.17) is 9.47 Å². The van der Waals surface area contributed by atoms with Gasteiger partial charge in [-0.1, -0.05) is 13.8 Å². The molecule has 0 aromatic rings. The monoisotopic (exact) mass is 301 g/mol. The molecule has 0 bridgehead atoms. The van der Waals surface area contributed by atoms with Crippen LogP contribution in [0.2, 0.25) is 0 Å². The van der Waals surface area contributed by atoms with Crippen molar-refractivity contribution in [3.8, 4) is 0 Å². The van der Waals surface area contributed by atoms with E-state index in [1.807, 2.05) is 13.8 Å². The minimum absolute atomic E-state index is 0.0636. The Morgan fingerprint density at radius 3 is 2.38 bits per heavy atom. The second-order valence-corrected chi connectivity index (χ2v) is 6.53. The zero-order chi connectivity index (χ0) is 16.4. The van der Waals surface area contributed by atoms with Crippen LogP contribution < -0.4 is 5.32 Å². The van der Waals surface area contributed by atoms with E-state index in [1.54, 1.807) is 20.8 Å². The van der Waals surface area contributed by atoms with Gasteiger partial charge in [0.05, 0.1) is 6.42 Å². The van der Waals surface area contributed by atoms with Crippen molar-refractivity contribution < 1.29 is 29.0 Å². The van der Waals surface area contributed by atoms with Crippen LogP contribution in [0, 0.1) is 11.8 Å². The van der Waals surface area contributed by atoms with Gasteiger partial charge in [-0.15, -0.1) is 0 Å². The maximum absolute atomic E-state index is 11.8. The maximum atomic E-state index is 11.8. The normalized spacial score (nSPS) is 26.2. The number of nitrogens with one attached hydrogen (secondary N) is 1. The molecular formula is C14H23NO6. The van der Waals surface area contributed by atoms with Crippen molar-refractivity contribution in [2.45, 2.75) is 58.8 Å². The highest BCUT2D eigenvalue weighted by Gasteiger charge is 2.45. The van der Waals surface area contributed by atoms with Crippen molar-refractivity contribution in [3.05, 3.63) is 0 Å². The number of amides is 1. The van der Waals surface area contributed by atoms with Crippen LogP contribution in [-0.4, -0.2) is 40.9 Å². The lowest BCUT2D eigenvalue weighted by molar-refractivity contribution is -0.177. The van der Waals surface area contributed by atoms with Gasteiger partial charge in [-0.2, -0.15) is 0 Å². The standard InChI is InChI=1S/C14H23NO6/c1-7(2)10-8(15-13(19)21-14(3,4)5)6-9(16)20-11(10)12(17)18/h7-8,10-11H,6H2,1-5H3,(H,15,19)(H,17,18)/t8-,10-,11-/m1/s1. The van der Waals surface area contributed by atoms with Gasteiger partial charge >= 0.3 is 18.0 Å². The van der Waals surface area contributed by atoms with Gasteiger partial charge < -0.3 is 19.9 Å². The summed E-state index contributed by atoms with van der Waals surface area (Å²) in [7, 11) is 0. The molecule has 0 aliphatic carbocycles. The van der Waals surface area contributed by atoms with Crippen molar-refractivity contribution in [3.63, 3.8) is 0 Å². The third kappa shape index (κ3) is 4.91. The minimum Gasteiger partial charge on any atom is -0.478 e. The van der Waals surface area contributed by atoms with E-state index >= 15 is 0 Å². The van der Waals surface area contributed by atoms with E-state index in [-0.39, 0.29) is 12.3 Å². The van der Waals surface area contributed by atoms with Gasteiger partial charge in [0.2, 0.25) is 6.10 Å². The minimum atomic E-state index is -1.26. The van der Waals surface area contributed by atoms with Crippen molar-refractivity contribution in [1.82, 2.24) is 5.32 Å². The first-order valence-electron chi connectivity index (χ1n) is 6.93. The van der Waals surface area contributed by atoms with Crippen LogP contribution in [0.3, 0.4) is 0 Å². The van der Waals surface area contributed by atoms with Gasteiger partial charge in [-0.3, -0.25) is 4.79 Å². The van der Waals surface area contributed by atoms with E-state index in [0.29, 0.717) is 0 Å². The predicted molar refractivity (Wildman–Crippen MR) is 73.6 cm³/mol. The molecular weight excluding hydrogens is 278 g/mol. The number of cyclic esters (lactones) is 1. The topological polar surface area (TPSA) is 102 Å². The molecule has 0 aromatic carbocycles. The molecule has 7 nitrogen and oxygen atoms in total. The molecule has 1 rings (SSSR count). The molecule has 3 atom stereocenters. The zero-order valence-corrected chi connectivity index (χ0v) is 13.0. The van der Waals surface area contributed by atoms with Crippen molar-refractivity contribution in [2.75, 3.05) is 0 Å². The molecule has 0 radical (unpaired) electrons. The fourth-order valence-corrected chi connectivity index (χ4v) is 2.43. The summed E-state index contributed by atoms with van der Waals surface area (Å²) < 4.78 is 10.1. The summed E-state index contributed by atoms with van der Waals surface area (Å²) in [4.78, 5) is 34.6. The first-order valence-corrected chi connectivity index (χ1v) is 6.93. The summed E-state index contributed by atoms with van der Waals surface area (Å²) in [6.45, 7) is 8.82. The van der Waals surface area contributed by atoms with Gasteiger partial charge in [0.1, 0.15) is 5.60 Å². The number of carboxylic acid groups (broad SMARTS) is 1. The molecule has 1 fully saturated rings. The first kappa shape index (κ1) is 17.3. The van der Waals surface area contributed by atoms with Crippen LogP contribution in [-0.2, 0) is 19.1 Å². The fourth-order valence-electron chi connectivity index (χ4n) is 2.43. The van der Waals surface area contributed by atoms with Crippen molar-refractivity contribution >= 4 is 18.0 Å². The van der Waals surface area contributed by atoms with Gasteiger partial charge in [-0.05, 0) is 26.7 Å². The summed E-state index contributed by atoms with van der Waals surface area (Å²) in [5, 5.41) is 11.8. The van der Waals surface area contributed by atoms with Crippen LogP contribution in [0.1, 0.15) is 41.0 Å². The largest absolute Gasteiger partial charge is 0.478 e. The highest BCUT2D eigenvalue weighted by atomic mass is 16.6.